The summed E-state index contributed by atoms with van der Waals surface area (Å²) in [5.41, 5.74) is 0.321. The van der Waals surface area contributed by atoms with E-state index in [0.29, 0.717) is 11.4 Å². The maximum atomic E-state index is 12.0. The Morgan fingerprint density at radius 2 is 1.91 bits per heavy atom. The van der Waals surface area contributed by atoms with Gasteiger partial charge in [0.05, 0.1) is 11.4 Å². The van der Waals surface area contributed by atoms with Crippen LogP contribution >= 0.6 is 0 Å². The van der Waals surface area contributed by atoms with Gasteiger partial charge in [0.1, 0.15) is 5.82 Å². The number of hydrogen-bond donors (Lipinski definition) is 2. The van der Waals surface area contributed by atoms with Gasteiger partial charge in [-0.1, -0.05) is 12.0 Å². The molecule has 2 aromatic rings. The van der Waals surface area contributed by atoms with Gasteiger partial charge in [0.15, 0.2) is 0 Å². The number of pyridine rings is 1. The molecule has 2 N–H and O–H groups in total. The average Bonchev–Trinajstić information content (AvgIpc) is 2.54. The number of amides is 1. The highest BCUT2D eigenvalue weighted by molar-refractivity contribution is 7.89. The van der Waals surface area contributed by atoms with E-state index in [1.54, 1.807) is 24.4 Å². The van der Waals surface area contributed by atoms with Gasteiger partial charge in [-0.2, -0.15) is 4.72 Å². The SMILES string of the molecule is C#CCNS(=O)(=O)c1ccc(C(=O)Nc2ccccn2)cc1. The number of anilines is 1. The summed E-state index contributed by atoms with van der Waals surface area (Å²) in [6, 6.07) is 10.7. The normalized spacial score (nSPS) is 10.7. The highest BCUT2D eigenvalue weighted by atomic mass is 32.2. The Labute approximate surface area is 128 Å². The van der Waals surface area contributed by atoms with Crippen LogP contribution in [0.2, 0.25) is 0 Å². The minimum atomic E-state index is -3.66. The molecule has 112 valence electrons. The van der Waals surface area contributed by atoms with Crippen LogP contribution in [0.1, 0.15) is 10.4 Å². The van der Waals surface area contributed by atoms with E-state index in [9.17, 15) is 13.2 Å². The van der Waals surface area contributed by atoms with E-state index < -0.39 is 10.0 Å². The molecule has 1 amide bonds. The summed E-state index contributed by atoms with van der Waals surface area (Å²) in [7, 11) is -3.66. The number of carbonyl (C=O) groups is 1. The van der Waals surface area contributed by atoms with Crippen molar-refractivity contribution in [2.24, 2.45) is 0 Å². The summed E-state index contributed by atoms with van der Waals surface area (Å²) >= 11 is 0. The van der Waals surface area contributed by atoms with Gasteiger partial charge in [-0.25, -0.2) is 13.4 Å². The molecule has 0 atom stereocenters. The Balaban J connectivity index is 2.12. The highest BCUT2D eigenvalue weighted by Gasteiger charge is 2.14. The van der Waals surface area contributed by atoms with E-state index >= 15 is 0 Å². The smallest absolute Gasteiger partial charge is 0.256 e. The van der Waals surface area contributed by atoms with Crippen LogP contribution in [-0.4, -0.2) is 25.9 Å². The average molecular weight is 315 g/mol. The van der Waals surface area contributed by atoms with E-state index in [1.165, 1.54) is 24.3 Å². The Bertz CT molecular complexity index is 794. The van der Waals surface area contributed by atoms with Gasteiger partial charge in [-0.15, -0.1) is 6.42 Å². The largest absolute Gasteiger partial charge is 0.307 e. The lowest BCUT2D eigenvalue weighted by atomic mass is 10.2. The molecule has 6 nitrogen and oxygen atoms in total. The van der Waals surface area contributed by atoms with Crippen LogP contribution in [0, 0.1) is 12.3 Å². The first-order valence-corrected chi connectivity index (χ1v) is 7.77. The Morgan fingerprint density at radius 3 is 2.50 bits per heavy atom. The van der Waals surface area contributed by atoms with Gasteiger partial charge < -0.3 is 5.32 Å². The zero-order valence-electron chi connectivity index (χ0n) is 11.5. The lowest BCUT2D eigenvalue weighted by Crippen LogP contribution is -2.24. The molecule has 0 saturated carbocycles. The molecule has 1 aromatic carbocycles. The predicted octanol–water partition coefficient (Wildman–Crippen LogP) is 1.25. The zero-order chi connectivity index (χ0) is 16.0. The number of sulfonamides is 1. The Hall–Kier alpha value is -2.69. The van der Waals surface area contributed by atoms with Crippen LogP contribution in [0.3, 0.4) is 0 Å². The summed E-state index contributed by atoms with van der Waals surface area (Å²) in [5.74, 6) is 2.23. The second-order valence-corrected chi connectivity index (χ2v) is 5.99. The lowest BCUT2D eigenvalue weighted by Gasteiger charge is -2.06. The molecular formula is C15H13N3O3S. The third-order valence-corrected chi connectivity index (χ3v) is 4.11. The number of carbonyl (C=O) groups excluding carboxylic acids is 1. The summed E-state index contributed by atoms with van der Waals surface area (Å²) in [6.07, 6.45) is 6.57. The summed E-state index contributed by atoms with van der Waals surface area (Å²) in [5, 5.41) is 2.61. The molecule has 1 heterocycles. The van der Waals surface area contributed by atoms with Crippen molar-refractivity contribution in [3.63, 3.8) is 0 Å². The van der Waals surface area contributed by atoms with Crippen molar-refractivity contribution in [2.45, 2.75) is 4.90 Å². The molecule has 2 rings (SSSR count). The van der Waals surface area contributed by atoms with Gasteiger partial charge in [-0.3, -0.25) is 4.79 Å². The summed E-state index contributed by atoms with van der Waals surface area (Å²) in [6.45, 7) is -0.0930. The number of rotatable bonds is 5. The Morgan fingerprint density at radius 1 is 1.18 bits per heavy atom. The molecule has 0 spiro atoms. The third-order valence-electron chi connectivity index (χ3n) is 2.70. The van der Waals surface area contributed by atoms with Crippen molar-refractivity contribution >= 4 is 21.7 Å². The highest BCUT2D eigenvalue weighted by Crippen LogP contribution is 2.12. The number of nitrogens with zero attached hydrogens (tertiary/aromatic N) is 1. The fraction of sp³-hybridized carbons (Fsp3) is 0.0667. The van der Waals surface area contributed by atoms with Gasteiger partial charge in [0, 0.05) is 11.8 Å². The van der Waals surface area contributed by atoms with E-state index in [-0.39, 0.29) is 17.3 Å². The molecule has 0 aliphatic carbocycles. The molecule has 0 aliphatic heterocycles. The fourth-order valence-corrected chi connectivity index (χ4v) is 2.57. The Kier molecular flexibility index (Phi) is 4.88. The number of benzene rings is 1. The van der Waals surface area contributed by atoms with Gasteiger partial charge in [0.25, 0.3) is 5.91 Å². The number of hydrogen-bond acceptors (Lipinski definition) is 4. The van der Waals surface area contributed by atoms with Crippen LogP contribution in [0.25, 0.3) is 0 Å². The van der Waals surface area contributed by atoms with Gasteiger partial charge >= 0.3 is 0 Å². The summed E-state index contributed by atoms with van der Waals surface area (Å²) < 4.78 is 25.9. The topological polar surface area (TPSA) is 88.2 Å². The fourth-order valence-electron chi connectivity index (χ4n) is 1.63. The number of aromatic nitrogens is 1. The van der Waals surface area contributed by atoms with Crippen molar-refractivity contribution in [2.75, 3.05) is 11.9 Å². The molecular weight excluding hydrogens is 302 g/mol. The van der Waals surface area contributed by atoms with Crippen LogP contribution in [-0.2, 0) is 10.0 Å². The molecule has 22 heavy (non-hydrogen) atoms. The summed E-state index contributed by atoms with van der Waals surface area (Å²) in [4.78, 5) is 16.0. The molecule has 0 fully saturated rings. The van der Waals surface area contributed by atoms with E-state index in [2.05, 4.69) is 20.9 Å². The molecule has 0 radical (unpaired) electrons. The van der Waals surface area contributed by atoms with Crippen molar-refractivity contribution in [1.29, 1.82) is 0 Å². The van der Waals surface area contributed by atoms with Gasteiger partial charge in [-0.05, 0) is 36.4 Å². The van der Waals surface area contributed by atoms with Crippen molar-refractivity contribution in [1.82, 2.24) is 9.71 Å². The molecule has 0 saturated heterocycles. The third kappa shape index (κ3) is 3.91. The maximum absolute atomic E-state index is 12.0. The van der Waals surface area contributed by atoms with Crippen LogP contribution in [0.5, 0.6) is 0 Å². The minimum Gasteiger partial charge on any atom is -0.307 e. The van der Waals surface area contributed by atoms with Crippen LogP contribution in [0.4, 0.5) is 5.82 Å². The van der Waals surface area contributed by atoms with Crippen molar-refractivity contribution in [3.05, 3.63) is 54.2 Å². The molecule has 0 bridgehead atoms. The van der Waals surface area contributed by atoms with E-state index in [1.807, 2.05) is 0 Å². The first-order chi connectivity index (χ1) is 10.5. The van der Waals surface area contributed by atoms with E-state index in [0.717, 1.165) is 0 Å². The second kappa shape index (κ2) is 6.85. The molecule has 0 aliphatic rings. The second-order valence-electron chi connectivity index (χ2n) is 4.22. The lowest BCUT2D eigenvalue weighted by molar-refractivity contribution is 0.102. The zero-order valence-corrected chi connectivity index (χ0v) is 12.3. The first-order valence-electron chi connectivity index (χ1n) is 6.28. The van der Waals surface area contributed by atoms with E-state index in [4.69, 9.17) is 6.42 Å². The standard InChI is InChI=1S/C15H13N3O3S/c1-2-10-17-22(20,21)13-8-6-12(7-9-13)15(19)18-14-5-3-4-11-16-14/h1,3-9,11,17H,10H2,(H,16,18,19). The molecule has 7 heteroatoms. The monoisotopic (exact) mass is 315 g/mol. The van der Waals surface area contributed by atoms with Gasteiger partial charge in [0.2, 0.25) is 10.0 Å². The van der Waals surface area contributed by atoms with Crippen molar-refractivity contribution in [3.8, 4) is 12.3 Å². The van der Waals surface area contributed by atoms with Crippen LogP contribution in [0.15, 0.2) is 53.6 Å². The number of nitrogens with one attached hydrogen (secondary N) is 2. The molecule has 1 aromatic heterocycles. The van der Waals surface area contributed by atoms with Crippen molar-refractivity contribution < 1.29 is 13.2 Å². The quantitative estimate of drug-likeness (QED) is 0.813. The van der Waals surface area contributed by atoms with Crippen LogP contribution < -0.4 is 10.0 Å². The predicted molar refractivity (Wildman–Crippen MR) is 82.7 cm³/mol. The molecule has 0 unspecified atom stereocenters. The maximum Gasteiger partial charge on any atom is 0.256 e. The first kappa shape index (κ1) is 15.7. The minimum absolute atomic E-state index is 0.0390. The number of terminal acetylenes is 1.